The van der Waals surface area contributed by atoms with Crippen LogP contribution >= 0.6 is 0 Å². The van der Waals surface area contributed by atoms with E-state index in [1.54, 1.807) is 0 Å². The van der Waals surface area contributed by atoms with E-state index in [9.17, 15) is 0 Å². The summed E-state index contributed by atoms with van der Waals surface area (Å²) in [5, 5.41) is 9.60. The fraction of sp³-hybridized carbons (Fsp3) is 0.346. The van der Waals surface area contributed by atoms with Gasteiger partial charge in [-0.25, -0.2) is 0 Å². The molecule has 0 spiro atoms. The molecular formula is C26H31N3. The summed E-state index contributed by atoms with van der Waals surface area (Å²) in [6.07, 6.45) is 1.99. The third kappa shape index (κ3) is 4.86. The Morgan fingerprint density at radius 1 is 0.828 bits per heavy atom. The lowest BCUT2D eigenvalue weighted by atomic mass is 9.87. The molecule has 0 atom stereocenters. The Morgan fingerprint density at radius 2 is 1.52 bits per heavy atom. The lowest BCUT2D eigenvalue weighted by molar-refractivity contribution is 0.131. The van der Waals surface area contributed by atoms with Gasteiger partial charge < -0.3 is 0 Å². The Hall–Kier alpha value is -2.65. The maximum Gasteiger partial charge on any atom is 0.0542 e. The molecule has 1 saturated heterocycles. The third-order valence-corrected chi connectivity index (χ3v) is 5.77. The number of nitrogens with zero attached hydrogens (tertiary/aromatic N) is 3. The van der Waals surface area contributed by atoms with E-state index in [0.29, 0.717) is 0 Å². The molecule has 3 aromatic carbocycles. The fourth-order valence-corrected chi connectivity index (χ4v) is 3.90. The highest BCUT2D eigenvalue weighted by molar-refractivity contribution is 5.85. The maximum absolute atomic E-state index is 4.72. The summed E-state index contributed by atoms with van der Waals surface area (Å²) in [7, 11) is 0. The summed E-state index contributed by atoms with van der Waals surface area (Å²) < 4.78 is 0. The van der Waals surface area contributed by atoms with Crippen molar-refractivity contribution in [1.29, 1.82) is 0 Å². The van der Waals surface area contributed by atoms with Gasteiger partial charge in [0.1, 0.15) is 0 Å². The third-order valence-electron chi connectivity index (χ3n) is 5.77. The van der Waals surface area contributed by atoms with E-state index in [4.69, 9.17) is 5.10 Å². The molecule has 0 saturated carbocycles. The zero-order valence-electron chi connectivity index (χ0n) is 17.8. The number of hydrogen-bond donors (Lipinski definition) is 0. The quantitative estimate of drug-likeness (QED) is 0.568. The molecule has 1 heterocycles. The standard InChI is InChI=1S/C26H31N3/c1-26(2,3)24-13-11-21(12-14-24)19-27-29-17-15-28(16-18-29)20-23-9-6-8-22-7-4-5-10-25(22)23/h4-14,19H,15-18,20H2,1-3H3/b27-19-. The first kappa shape index (κ1) is 19.7. The number of benzene rings is 3. The lowest BCUT2D eigenvalue weighted by Crippen LogP contribution is -2.43. The van der Waals surface area contributed by atoms with E-state index in [2.05, 4.69) is 97.4 Å². The summed E-state index contributed by atoms with van der Waals surface area (Å²) in [6, 6.07) is 24.0. The van der Waals surface area contributed by atoms with Crippen molar-refractivity contribution in [2.75, 3.05) is 26.2 Å². The first-order valence-corrected chi connectivity index (χ1v) is 10.6. The zero-order chi connectivity index (χ0) is 20.3. The number of fused-ring (bicyclic) bond motifs is 1. The minimum absolute atomic E-state index is 0.191. The second-order valence-electron chi connectivity index (χ2n) is 8.98. The molecule has 0 amide bonds. The van der Waals surface area contributed by atoms with Gasteiger partial charge in [0.25, 0.3) is 0 Å². The predicted octanol–water partition coefficient (Wildman–Crippen LogP) is 5.29. The van der Waals surface area contributed by atoms with Crippen LogP contribution in [0.5, 0.6) is 0 Å². The minimum atomic E-state index is 0.191. The molecule has 0 N–H and O–H groups in total. The normalized spacial score (nSPS) is 16.0. The average molecular weight is 386 g/mol. The summed E-state index contributed by atoms with van der Waals surface area (Å²) >= 11 is 0. The van der Waals surface area contributed by atoms with Gasteiger partial charge in [0.15, 0.2) is 0 Å². The van der Waals surface area contributed by atoms with Crippen LogP contribution in [0.2, 0.25) is 0 Å². The van der Waals surface area contributed by atoms with Crippen LogP contribution < -0.4 is 0 Å². The first-order valence-electron chi connectivity index (χ1n) is 10.6. The molecule has 3 nitrogen and oxygen atoms in total. The van der Waals surface area contributed by atoms with E-state index < -0.39 is 0 Å². The van der Waals surface area contributed by atoms with Crippen molar-refractivity contribution < 1.29 is 0 Å². The van der Waals surface area contributed by atoms with Gasteiger partial charge in [0.2, 0.25) is 0 Å². The summed E-state index contributed by atoms with van der Waals surface area (Å²) in [5.74, 6) is 0. The highest BCUT2D eigenvalue weighted by Gasteiger charge is 2.16. The van der Waals surface area contributed by atoms with Gasteiger partial charge in [0.05, 0.1) is 6.21 Å². The summed E-state index contributed by atoms with van der Waals surface area (Å²) in [4.78, 5) is 2.53. The van der Waals surface area contributed by atoms with Crippen LogP contribution in [0.3, 0.4) is 0 Å². The number of hydrazone groups is 1. The number of rotatable bonds is 4. The molecule has 0 unspecified atom stereocenters. The van der Waals surface area contributed by atoms with Crippen molar-refractivity contribution in [1.82, 2.24) is 9.91 Å². The summed E-state index contributed by atoms with van der Waals surface area (Å²) in [5.41, 5.74) is 4.13. The monoisotopic (exact) mass is 385 g/mol. The van der Waals surface area contributed by atoms with E-state index in [1.807, 2.05) is 6.21 Å². The molecule has 0 radical (unpaired) electrons. The first-order chi connectivity index (χ1) is 14.0. The molecular weight excluding hydrogens is 354 g/mol. The van der Waals surface area contributed by atoms with Gasteiger partial charge in [0, 0.05) is 32.7 Å². The molecule has 0 aromatic heterocycles. The maximum atomic E-state index is 4.72. The zero-order valence-corrected chi connectivity index (χ0v) is 17.8. The van der Waals surface area contributed by atoms with Crippen LogP contribution in [-0.4, -0.2) is 42.3 Å². The van der Waals surface area contributed by atoms with Crippen molar-refractivity contribution in [3.05, 3.63) is 83.4 Å². The lowest BCUT2D eigenvalue weighted by Gasteiger charge is -2.33. The van der Waals surface area contributed by atoms with E-state index in [1.165, 1.54) is 21.9 Å². The minimum Gasteiger partial charge on any atom is -0.295 e. The molecule has 1 aliphatic heterocycles. The van der Waals surface area contributed by atoms with Crippen LogP contribution in [-0.2, 0) is 12.0 Å². The molecule has 3 heteroatoms. The summed E-state index contributed by atoms with van der Waals surface area (Å²) in [6.45, 7) is 11.8. The Balaban J connectivity index is 1.33. The molecule has 150 valence electrons. The van der Waals surface area contributed by atoms with Crippen molar-refractivity contribution in [2.24, 2.45) is 5.10 Å². The molecule has 0 aliphatic carbocycles. The highest BCUT2D eigenvalue weighted by atomic mass is 15.5. The van der Waals surface area contributed by atoms with Crippen LogP contribution in [0.4, 0.5) is 0 Å². The Morgan fingerprint density at radius 3 is 2.24 bits per heavy atom. The highest BCUT2D eigenvalue weighted by Crippen LogP contribution is 2.22. The van der Waals surface area contributed by atoms with Gasteiger partial charge in [-0.2, -0.15) is 5.10 Å². The Labute approximate surface area is 174 Å². The second-order valence-corrected chi connectivity index (χ2v) is 8.98. The molecule has 4 rings (SSSR count). The van der Waals surface area contributed by atoms with Crippen LogP contribution in [0.1, 0.15) is 37.5 Å². The van der Waals surface area contributed by atoms with Crippen LogP contribution in [0.25, 0.3) is 10.8 Å². The van der Waals surface area contributed by atoms with Crippen molar-refractivity contribution in [3.63, 3.8) is 0 Å². The average Bonchev–Trinajstić information content (AvgIpc) is 2.73. The predicted molar refractivity (Wildman–Crippen MR) is 124 cm³/mol. The number of hydrogen-bond acceptors (Lipinski definition) is 3. The number of piperazine rings is 1. The van der Waals surface area contributed by atoms with Gasteiger partial charge in [-0.15, -0.1) is 0 Å². The van der Waals surface area contributed by atoms with Gasteiger partial charge in [-0.3, -0.25) is 9.91 Å². The molecule has 1 aliphatic rings. The topological polar surface area (TPSA) is 18.8 Å². The Kier molecular flexibility index (Phi) is 5.68. The van der Waals surface area contributed by atoms with Gasteiger partial charge in [-0.1, -0.05) is 87.5 Å². The molecule has 0 bridgehead atoms. The molecule has 1 fully saturated rings. The van der Waals surface area contributed by atoms with E-state index in [0.717, 1.165) is 38.3 Å². The van der Waals surface area contributed by atoms with Crippen molar-refractivity contribution in [2.45, 2.75) is 32.7 Å². The SMILES string of the molecule is CC(C)(C)c1ccc(/C=N\N2CCN(Cc3cccc4ccccc34)CC2)cc1. The van der Waals surface area contributed by atoms with Crippen LogP contribution in [0.15, 0.2) is 71.8 Å². The second kappa shape index (κ2) is 8.38. The largest absolute Gasteiger partial charge is 0.295 e. The van der Waals surface area contributed by atoms with E-state index in [-0.39, 0.29) is 5.41 Å². The van der Waals surface area contributed by atoms with Crippen molar-refractivity contribution in [3.8, 4) is 0 Å². The smallest absolute Gasteiger partial charge is 0.0542 e. The molecule has 3 aromatic rings. The van der Waals surface area contributed by atoms with Crippen LogP contribution in [0, 0.1) is 0 Å². The van der Waals surface area contributed by atoms with Gasteiger partial charge >= 0.3 is 0 Å². The van der Waals surface area contributed by atoms with Crippen molar-refractivity contribution >= 4 is 17.0 Å². The van der Waals surface area contributed by atoms with Gasteiger partial charge in [-0.05, 0) is 32.9 Å². The molecule has 29 heavy (non-hydrogen) atoms. The van der Waals surface area contributed by atoms with E-state index >= 15 is 0 Å². The fourth-order valence-electron chi connectivity index (χ4n) is 3.90. The Bertz CT molecular complexity index is 970.